The molecule has 0 aromatic rings. The van der Waals surface area contributed by atoms with Crippen molar-refractivity contribution < 1.29 is 80.2 Å². The van der Waals surface area contributed by atoms with Gasteiger partial charge in [-0.15, -0.1) is 0 Å². The fraction of sp³-hybridized carbons (Fsp3) is 0.778. The first-order valence-corrected chi connectivity index (χ1v) is 42.8. The van der Waals surface area contributed by atoms with Crippen molar-refractivity contribution in [3.05, 3.63) is 85.1 Å². The summed E-state index contributed by atoms with van der Waals surface area (Å²) in [5, 5.41) is 10.6. The van der Waals surface area contributed by atoms with Crippen molar-refractivity contribution >= 4 is 39.5 Å². The van der Waals surface area contributed by atoms with Crippen LogP contribution in [-0.2, 0) is 65.4 Å². The summed E-state index contributed by atoms with van der Waals surface area (Å²) >= 11 is 0. The lowest BCUT2D eigenvalue weighted by molar-refractivity contribution is -0.161. The molecule has 0 aliphatic carbocycles. The number of esters is 4. The van der Waals surface area contributed by atoms with Gasteiger partial charge >= 0.3 is 39.5 Å². The van der Waals surface area contributed by atoms with Crippen LogP contribution in [0.1, 0.15) is 349 Å². The highest BCUT2D eigenvalue weighted by Crippen LogP contribution is 2.45. The van der Waals surface area contributed by atoms with Crippen LogP contribution >= 0.6 is 15.6 Å². The number of phosphoric acid groups is 2. The van der Waals surface area contributed by atoms with Crippen LogP contribution in [0.25, 0.3) is 0 Å². The zero-order chi connectivity index (χ0) is 73.2. The predicted molar refractivity (Wildman–Crippen MR) is 409 cm³/mol. The van der Waals surface area contributed by atoms with Crippen molar-refractivity contribution in [3.8, 4) is 0 Å². The predicted octanol–water partition coefficient (Wildman–Crippen LogP) is 23.0. The molecule has 3 N–H and O–H groups in total. The van der Waals surface area contributed by atoms with Gasteiger partial charge in [0.05, 0.1) is 26.4 Å². The summed E-state index contributed by atoms with van der Waals surface area (Å²) in [6.45, 7) is 4.76. The molecule has 0 aromatic heterocycles. The van der Waals surface area contributed by atoms with Gasteiger partial charge in [-0.3, -0.25) is 37.3 Å². The largest absolute Gasteiger partial charge is 0.472 e. The standard InChI is InChI=1S/C81H144O17P2/c1-5-9-13-17-21-25-29-33-35-36-37-38-40-44-46-50-54-58-62-66-79(84)92-72-77(98-81(86)68-64-60-56-52-48-42-32-28-24-20-16-12-8-4)74-96-100(89,90)94-70-75(82)69-93-99(87,88)95-73-76(97-80(85)67-63-59-55-51-47-41-31-27-23-19-15-11-7-3)71-91-78(83)65-61-57-53-49-45-43-39-34-30-26-22-18-14-10-6-2/h21,25,27-28,31-33,35,37-38,44,46,54,58,75-77,82H,5-20,22-24,26,29-30,34,36,39-43,45,47-53,55-57,59-74H2,1-4H3,(H,87,88)(H,89,90)/b25-21-,31-27-,32-28-,35-33-,38-37-,46-44-,58-54-/t75-,76+,77+/m0/s1. The molecule has 100 heavy (non-hydrogen) atoms. The Kier molecular flexibility index (Phi) is 70.8. The molecule has 5 atom stereocenters. The van der Waals surface area contributed by atoms with Gasteiger partial charge in [-0.2, -0.15) is 0 Å². The first-order chi connectivity index (χ1) is 48.7. The van der Waals surface area contributed by atoms with E-state index in [1.807, 2.05) is 12.2 Å². The molecule has 0 fully saturated rings. The van der Waals surface area contributed by atoms with Crippen molar-refractivity contribution in [2.45, 2.75) is 367 Å². The Labute approximate surface area is 608 Å². The normalized spacial score (nSPS) is 14.3. The van der Waals surface area contributed by atoms with E-state index in [9.17, 15) is 43.2 Å². The highest BCUT2D eigenvalue weighted by atomic mass is 31.2. The molecule has 0 aliphatic rings. The summed E-state index contributed by atoms with van der Waals surface area (Å²) in [7, 11) is -9.97. The minimum Gasteiger partial charge on any atom is -0.462 e. The smallest absolute Gasteiger partial charge is 0.462 e. The number of carbonyl (C=O) groups is 4. The van der Waals surface area contributed by atoms with E-state index in [2.05, 4.69) is 101 Å². The highest BCUT2D eigenvalue weighted by Gasteiger charge is 2.30. The molecular weight excluding hydrogens is 1310 g/mol. The molecule has 19 heteroatoms. The van der Waals surface area contributed by atoms with Gasteiger partial charge in [-0.1, -0.05) is 293 Å². The van der Waals surface area contributed by atoms with Crippen molar-refractivity contribution in [2.24, 2.45) is 0 Å². The van der Waals surface area contributed by atoms with Crippen molar-refractivity contribution in [2.75, 3.05) is 39.6 Å². The highest BCUT2D eigenvalue weighted by molar-refractivity contribution is 7.47. The minimum atomic E-state index is -4.99. The second-order valence-electron chi connectivity index (χ2n) is 26.7. The van der Waals surface area contributed by atoms with Gasteiger partial charge in [0, 0.05) is 25.7 Å². The Bertz CT molecular complexity index is 2230. The lowest BCUT2D eigenvalue weighted by Crippen LogP contribution is -2.30. The Morgan fingerprint density at radius 2 is 0.510 bits per heavy atom. The zero-order valence-electron chi connectivity index (χ0n) is 63.4. The number of unbranched alkanes of at least 4 members (excludes halogenated alkanes) is 35. The van der Waals surface area contributed by atoms with Crippen LogP contribution in [0.3, 0.4) is 0 Å². The SMILES string of the molecule is CCCCC/C=C\C/C=C\C/C=C\C/C=C\C/C=C\CCC(=O)OC[C@H](COP(=O)(O)OC[C@@H](O)COP(=O)(O)OC[C@@H](COC(=O)CCCCCCCCCCCCCCCCC)OC(=O)CCCCCCC/C=C\CCCCCC)OC(=O)CCCCCCC/C=C\CCCCCC. The Balaban J connectivity index is 5.38. The first kappa shape index (κ1) is 96.2. The summed E-state index contributed by atoms with van der Waals surface area (Å²) in [6, 6.07) is 0. The van der Waals surface area contributed by atoms with Crippen LogP contribution in [-0.4, -0.2) is 96.7 Å². The number of hydrogen-bond donors (Lipinski definition) is 3. The quantitative estimate of drug-likeness (QED) is 0.0169. The number of carbonyl (C=O) groups excluding carboxylic acids is 4. The molecule has 0 radical (unpaired) electrons. The maximum atomic E-state index is 13.1. The number of aliphatic hydroxyl groups is 1. The summed E-state index contributed by atoms with van der Waals surface area (Å²) in [5.41, 5.74) is 0. The van der Waals surface area contributed by atoms with E-state index in [0.29, 0.717) is 32.1 Å². The number of phosphoric ester groups is 2. The lowest BCUT2D eigenvalue weighted by Gasteiger charge is -2.21. The third-order valence-electron chi connectivity index (χ3n) is 16.8. The molecule has 0 aliphatic heterocycles. The molecule has 2 unspecified atom stereocenters. The second-order valence-corrected chi connectivity index (χ2v) is 29.6. The number of allylic oxidation sites excluding steroid dienone is 14. The van der Waals surface area contributed by atoms with E-state index in [4.69, 9.17) is 37.0 Å². The van der Waals surface area contributed by atoms with Gasteiger partial charge in [0.15, 0.2) is 12.2 Å². The summed E-state index contributed by atoms with van der Waals surface area (Å²) in [6.07, 6.45) is 75.8. The topological polar surface area (TPSA) is 237 Å². The zero-order valence-corrected chi connectivity index (χ0v) is 65.2. The third kappa shape index (κ3) is 72.6. The van der Waals surface area contributed by atoms with Gasteiger partial charge in [0.25, 0.3) is 0 Å². The number of hydrogen-bond acceptors (Lipinski definition) is 15. The molecule has 0 bridgehead atoms. The molecule has 0 heterocycles. The van der Waals surface area contributed by atoms with Gasteiger partial charge < -0.3 is 33.8 Å². The van der Waals surface area contributed by atoms with Gasteiger partial charge in [0.1, 0.15) is 19.3 Å². The van der Waals surface area contributed by atoms with E-state index >= 15 is 0 Å². The minimum absolute atomic E-state index is 0.0378. The fourth-order valence-electron chi connectivity index (χ4n) is 10.7. The molecule has 0 spiro atoms. The van der Waals surface area contributed by atoms with E-state index < -0.39 is 97.5 Å². The molecule has 0 saturated heterocycles. The number of rotatable bonds is 75. The molecule has 0 saturated carbocycles. The van der Waals surface area contributed by atoms with Crippen LogP contribution in [0.4, 0.5) is 0 Å². The Morgan fingerprint density at radius 1 is 0.280 bits per heavy atom. The molecule has 17 nitrogen and oxygen atoms in total. The lowest BCUT2D eigenvalue weighted by atomic mass is 10.0. The average molecular weight is 1450 g/mol. The average Bonchev–Trinajstić information content (AvgIpc) is 0.935. The van der Waals surface area contributed by atoms with E-state index in [0.717, 1.165) is 122 Å². The third-order valence-corrected chi connectivity index (χ3v) is 18.7. The van der Waals surface area contributed by atoms with Gasteiger partial charge in [-0.05, 0) is 116 Å². The second kappa shape index (κ2) is 73.5. The van der Waals surface area contributed by atoms with Crippen LogP contribution in [0.2, 0.25) is 0 Å². The molecule has 0 rings (SSSR count). The van der Waals surface area contributed by atoms with E-state index in [1.54, 1.807) is 0 Å². The van der Waals surface area contributed by atoms with Gasteiger partial charge in [-0.25, -0.2) is 9.13 Å². The van der Waals surface area contributed by atoms with Crippen LogP contribution in [0.5, 0.6) is 0 Å². The van der Waals surface area contributed by atoms with Crippen LogP contribution in [0.15, 0.2) is 85.1 Å². The van der Waals surface area contributed by atoms with Gasteiger partial charge in [0.2, 0.25) is 0 Å². The first-order valence-electron chi connectivity index (χ1n) is 39.8. The maximum Gasteiger partial charge on any atom is 0.472 e. The summed E-state index contributed by atoms with van der Waals surface area (Å²) < 4.78 is 68.5. The Hall–Kier alpha value is -3.76. The van der Waals surface area contributed by atoms with Crippen molar-refractivity contribution in [1.29, 1.82) is 0 Å². The molecule has 0 aromatic carbocycles. The summed E-state index contributed by atoms with van der Waals surface area (Å²) in [5.74, 6) is -2.27. The van der Waals surface area contributed by atoms with Crippen LogP contribution in [0, 0.1) is 0 Å². The van der Waals surface area contributed by atoms with Crippen molar-refractivity contribution in [1.82, 2.24) is 0 Å². The molecule has 0 amide bonds. The Morgan fingerprint density at radius 3 is 0.850 bits per heavy atom. The number of aliphatic hydroxyl groups excluding tert-OH is 1. The summed E-state index contributed by atoms with van der Waals surface area (Å²) in [4.78, 5) is 72.9. The fourth-order valence-corrected chi connectivity index (χ4v) is 12.3. The van der Waals surface area contributed by atoms with Crippen LogP contribution < -0.4 is 0 Å². The molecule has 580 valence electrons. The van der Waals surface area contributed by atoms with E-state index in [1.165, 1.54) is 141 Å². The molecular formula is C81H144O17P2. The number of ether oxygens (including phenoxy) is 4. The van der Waals surface area contributed by atoms with E-state index in [-0.39, 0.29) is 25.7 Å². The monoisotopic (exact) mass is 1450 g/mol. The maximum absolute atomic E-state index is 13.1. The van der Waals surface area contributed by atoms with Crippen molar-refractivity contribution in [3.63, 3.8) is 0 Å².